The molecule has 1 aliphatic heterocycles. The van der Waals surface area contributed by atoms with E-state index in [1.807, 2.05) is 82.3 Å². The van der Waals surface area contributed by atoms with Crippen LogP contribution in [0.1, 0.15) is 61.9 Å². The van der Waals surface area contributed by atoms with Crippen LogP contribution in [0.4, 0.5) is 11.6 Å². The number of thioether (sulfide) groups is 1. The quantitative estimate of drug-likeness (QED) is 0.112. The SMILES string of the molecule is CCCCOc1c(Br)cc(C2C(C(=O)Nc3cccc(C)c3C)=C(C)Nc3nc(SCc4ccccc4Cl)nn32)cc1OCC. The van der Waals surface area contributed by atoms with Gasteiger partial charge in [-0.1, -0.05) is 67.0 Å². The minimum atomic E-state index is -0.603. The molecule has 2 heterocycles. The van der Waals surface area contributed by atoms with Crippen molar-refractivity contribution in [3.05, 3.63) is 97.6 Å². The highest BCUT2D eigenvalue weighted by molar-refractivity contribution is 9.10. The molecule has 0 radical (unpaired) electrons. The van der Waals surface area contributed by atoms with E-state index in [1.54, 1.807) is 4.68 Å². The van der Waals surface area contributed by atoms with Gasteiger partial charge in [0.1, 0.15) is 6.04 Å². The van der Waals surface area contributed by atoms with Crippen LogP contribution in [0.15, 0.2) is 75.5 Å². The van der Waals surface area contributed by atoms with Gasteiger partial charge in [0, 0.05) is 22.2 Å². The molecule has 5 rings (SSSR count). The van der Waals surface area contributed by atoms with Gasteiger partial charge in [0.2, 0.25) is 11.1 Å². The predicted octanol–water partition coefficient (Wildman–Crippen LogP) is 9.11. The molecular weight excluding hydrogens is 674 g/mol. The van der Waals surface area contributed by atoms with Gasteiger partial charge < -0.3 is 20.1 Å². The second-order valence-corrected chi connectivity index (χ2v) is 13.0. The molecule has 8 nitrogen and oxygen atoms in total. The highest BCUT2D eigenvalue weighted by Gasteiger charge is 2.35. The summed E-state index contributed by atoms with van der Waals surface area (Å²) >= 11 is 11.6. The molecule has 3 aromatic carbocycles. The second kappa shape index (κ2) is 14.7. The molecule has 1 aliphatic rings. The summed E-state index contributed by atoms with van der Waals surface area (Å²) in [6.07, 6.45) is 1.94. The van der Waals surface area contributed by atoms with Crippen molar-refractivity contribution < 1.29 is 14.3 Å². The van der Waals surface area contributed by atoms with Crippen LogP contribution in [-0.4, -0.2) is 33.9 Å². The summed E-state index contributed by atoms with van der Waals surface area (Å²) in [5.41, 5.74) is 5.86. The zero-order valence-electron chi connectivity index (χ0n) is 26.0. The molecule has 0 aliphatic carbocycles. The Balaban J connectivity index is 1.57. The lowest BCUT2D eigenvalue weighted by Gasteiger charge is -2.29. The van der Waals surface area contributed by atoms with E-state index in [0.717, 1.165) is 45.3 Å². The van der Waals surface area contributed by atoms with Crippen LogP contribution in [0, 0.1) is 13.8 Å². The average molecular weight is 711 g/mol. The lowest BCUT2D eigenvalue weighted by atomic mass is 9.94. The number of hydrogen-bond donors (Lipinski definition) is 2. The van der Waals surface area contributed by atoms with Gasteiger partial charge in [0.05, 0.1) is 23.3 Å². The number of benzene rings is 3. The third-order valence-electron chi connectivity index (χ3n) is 7.64. The van der Waals surface area contributed by atoms with Crippen molar-refractivity contribution in [2.75, 3.05) is 23.8 Å². The maximum atomic E-state index is 14.2. The van der Waals surface area contributed by atoms with E-state index in [2.05, 4.69) is 33.5 Å². The number of aromatic nitrogens is 3. The third-order valence-corrected chi connectivity index (χ3v) is 9.48. The molecule has 0 fully saturated rings. The van der Waals surface area contributed by atoms with Gasteiger partial charge in [0.15, 0.2) is 11.5 Å². The lowest BCUT2D eigenvalue weighted by molar-refractivity contribution is -0.113. The van der Waals surface area contributed by atoms with Crippen molar-refractivity contribution in [2.45, 2.75) is 64.4 Å². The molecule has 1 atom stereocenters. The fourth-order valence-electron chi connectivity index (χ4n) is 5.10. The summed E-state index contributed by atoms with van der Waals surface area (Å²) in [6, 6.07) is 16.9. The molecular formula is C34H37BrClN5O3S. The molecule has 4 aromatic rings. The number of amides is 1. The molecule has 0 saturated carbocycles. The number of halogens is 2. The minimum absolute atomic E-state index is 0.234. The smallest absolute Gasteiger partial charge is 0.255 e. The number of carbonyl (C=O) groups is 1. The summed E-state index contributed by atoms with van der Waals surface area (Å²) in [5, 5.41) is 12.7. The second-order valence-electron chi connectivity index (χ2n) is 10.8. The van der Waals surface area contributed by atoms with Crippen LogP contribution in [0.3, 0.4) is 0 Å². The number of aryl methyl sites for hydroxylation is 1. The van der Waals surface area contributed by atoms with Crippen molar-refractivity contribution in [1.82, 2.24) is 14.8 Å². The lowest BCUT2D eigenvalue weighted by Crippen LogP contribution is -2.31. The summed E-state index contributed by atoms with van der Waals surface area (Å²) in [5.74, 6) is 2.14. The van der Waals surface area contributed by atoms with E-state index >= 15 is 0 Å². The Morgan fingerprint density at radius 3 is 2.67 bits per heavy atom. The van der Waals surface area contributed by atoms with E-state index in [1.165, 1.54) is 11.8 Å². The highest BCUT2D eigenvalue weighted by Crippen LogP contribution is 2.44. The summed E-state index contributed by atoms with van der Waals surface area (Å²) in [4.78, 5) is 19.0. The van der Waals surface area contributed by atoms with Gasteiger partial charge in [-0.3, -0.25) is 4.79 Å². The minimum Gasteiger partial charge on any atom is -0.490 e. The zero-order valence-corrected chi connectivity index (χ0v) is 29.2. The monoisotopic (exact) mass is 709 g/mol. The van der Waals surface area contributed by atoms with Crippen molar-refractivity contribution in [2.24, 2.45) is 0 Å². The average Bonchev–Trinajstić information content (AvgIpc) is 3.42. The topological polar surface area (TPSA) is 90.3 Å². The van der Waals surface area contributed by atoms with Gasteiger partial charge in [-0.05, 0) is 96.6 Å². The number of nitrogens with zero attached hydrogens (tertiary/aromatic N) is 3. The van der Waals surface area contributed by atoms with Crippen molar-refractivity contribution in [3.8, 4) is 11.5 Å². The van der Waals surface area contributed by atoms with Crippen LogP contribution in [0.2, 0.25) is 5.02 Å². The summed E-state index contributed by atoms with van der Waals surface area (Å²) < 4.78 is 14.7. The molecule has 1 aromatic heterocycles. The number of ether oxygens (including phenoxy) is 2. The normalized spacial score (nSPS) is 14.2. The Labute approximate surface area is 282 Å². The van der Waals surface area contributed by atoms with Crippen LogP contribution >= 0.6 is 39.3 Å². The van der Waals surface area contributed by atoms with Crippen molar-refractivity contribution in [3.63, 3.8) is 0 Å². The molecule has 1 amide bonds. The third kappa shape index (κ3) is 7.34. The Hall–Kier alpha value is -3.47. The number of nitrogens with one attached hydrogen (secondary N) is 2. The molecule has 236 valence electrons. The van der Waals surface area contributed by atoms with Gasteiger partial charge in [-0.15, -0.1) is 5.10 Å². The first-order chi connectivity index (χ1) is 21.7. The molecule has 2 N–H and O–H groups in total. The van der Waals surface area contributed by atoms with Gasteiger partial charge in [0.25, 0.3) is 5.91 Å². The standard InChI is InChI=1S/C34H37BrClN5O3S/c1-6-8-16-44-31-25(35)17-24(18-28(31)43-7-2)30-29(32(42)38-27-15-11-12-20(3)21(27)4)22(5)37-33-39-34(40-41(30)33)45-19-23-13-9-10-14-26(23)36/h9-15,17-18,30H,6-8,16,19H2,1-5H3,(H,38,42)(H,37,39,40). The number of allylic oxidation sites excluding steroid dienone is 1. The fraction of sp³-hybridized carbons (Fsp3) is 0.324. The van der Waals surface area contributed by atoms with E-state index in [9.17, 15) is 4.79 Å². The Morgan fingerprint density at radius 2 is 1.91 bits per heavy atom. The highest BCUT2D eigenvalue weighted by atomic mass is 79.9. The Morgan fingerprint density at radius 1 is 1.11 bits per heavy atom. The molecule has 45 heavy (non-hydrogen) atoms. The van der Waals surface area contributed by atoms with Crippen molar-refractivity contribution >= 4 is 56.8 Å². The molecule has 1 unspecified atom stereocenters. The first-order valence-electron chi connectivity index (χ1n) is 15.0. The Kier molecular flexibility index (Phi) is 10.8. The molecule has 11 heteroatoms. The number of anilines is 2. The first-order valence-corrected chi connectivity index (χ1v) is 17.1. The van der Waals surface area contributed by atoms with Gasteiger partial charge >= 0.3 is 0 Å². The summed E-state index contributed by atoms with van der Waals surface area (Å²) in [7, 11) is 0. The number of unbranched alkanes of at least 4 members (excludes halogenated alkanes) is 1. The maximum Gasteiger partial charge on any atom is 0.255 e. The fourth-order valence-corrected chi connectivity index (χ4v) is 6.79. The van der Waals surface area contributed by atoms with E-state index < -0.39 is 6.04 Å². The molecule has 0 bridgehead atoms. The molecule has 0 saturated heterocycles. The first kappa shape index (κ1) is 32.9. The molecule has 0 spiro atoms. The number of fused-ring (bicyclic) bond motifs is 1. The van der Waals surface area contributed by atoms with Crippen LogP contribution in [0.25, 0.3) is 0 Å². The predicted molar refractivity (Wildman–Crippen MR) is 186 cm³/mol. The van der Waals surface area contributed by atoms with E-state index in [0.29, 0.717) is 57.9 Å². The van der Waals surface area contributed by atoms with Gasteiger partial charge in [-0.25, -0.2) is 4.68 Å². The van der Waals surface area contributed by atoms with Crippen LogP contribution < -0.4 is 20.1 Å². The summed E-state index contributed by atoms with van der Waals surface area (Å²) in [6.45, 7) is 11.0. The van der Waals surface area contributed by atoms with E-state index in [4.69, 9.17) is 31.2 Å². The largest absolute Gasteiger partial charge is 0.490 e. The van der Waals surface area contributed by atoms with Crippen LogP contribution in [0.5, 0.6) is 11.5 Å². The van der Waals surface area contributed by atoms with Crippen LogP contribution in [-0.2, 0) is 10.5 Å². The zero-order chi connectivity index (χ0) is 32.1. The Bertz CT molecular complexity index is 1740. The number of rotatable bonds is 12. The van der Waals surface area contributed by atoms with E-state index in [-0.39, 0.29) is 5.91 Å². The maximum absolute atomic E-state index is 14.2. The number of carbonyl (C=O) groups excluding carboxylic acids is 1. The van der Waals surface area contributed by atoms with Crippen molar-refractivity contribution in [1.29, 1.82) is 0 Å². The number of hydrogen-bond acceptors (Lipinski definition) is 7. The van der Waals surface area contributed by atoms with Gasteiger partial charge in [-0.2, -0.15) is 4.98 Å².